The lowest BCUT2D eigenvalue weighted by Gasteiger charge is -2.26. The minimum atomic E-state index is -0.561. The number of carbonyl (C=O) groups is 3. The molecule has 0 bridgehead atoms. The fraction of sp³-hybridized carbons (Fsp3) is 0.268. The van der Waals surface area contributed by atoms with Crippen molar-refractivity contribution in [2.24, 2.45) is 5.92 Å². The van der Waals surface area contributed by atoms with E-state index in [4.69, 9.17) is 9.72 Å². The van der Waals surface area contributed by atoms with E-state index in [1.165, 1.54) is 12.8 Å². The minimum Gasteiger partial charge on any atom is -0.487 e. The van der Waals surface area contributed by atoms with E-state index in [0.29, 0.717) is 23.5 Å². The molecule has 1 aromatic heterocycles. The molecular weight excluding hydrogens is 584 g/mol. The highest BCUT2D eigenvalue weighted by Gasteiger charge is 2.32. The molecular formula is C41H40N2O4. The Labute approximate surface area is 276 Å². The summed E-state index contributed by atoms with van der Waals surface area (Å²) in [5, 5.41) is 3.84. The second-order valence-electron chi connectivity index (χ2n) is 12.5. The summed E-state index contributed by atoms with van der Waals surface area (Å²) in [5.74, 6) is -0.838. The molecule has 6 rings (SSSR count). The van der Waals surface area contributed by atoms with Crippen LogP contribution < -0.4 is 10.1 Å². The van der Waals surface area contributed by atoms with Crippen molar-refractivity contribution in [3.05, 3.63) is 143 Å². The first-order valence-corrected chi connectivity index (χ1v) is 16.6. The van der Waals surface area contributed by atoms with Crippen molar-refractivity contribution in [1.29, 1.82) is 0 Å². The van der Waals surface area contributed by atoms with Crippen LogP contribution in [0, 0.1) is 5.92 Å². The first-order valence-electron chi connectivity index (χ1n) is 16.6. The number of amides is 2. The molecule has 2 amide bonds. The van der Waals surface area contributed by atoms with Gasteiger partial charge in [0.05, 0.1) is 23.0 Å². The highest BCUT2D eigenvalue weighted by Crippen LogP contribution is 2.36. The Balaban J connectivity index is 1.13. The number of nitrogens with one attached hydrogen (secondary N) is 1. The van der Waals surface area contributed by atoms with E-state index in [0.717, 1.165) is 53.4 Å². The molecule has 6 heteroatoms. The number of aromatic nitrogens is 1. The molecule has 1 aliphatic rings. The van der Waals surface area contributed by atoms with Gasteiger partial charge in [-0.1, -0.05) is 117 Å². The molecule has 2 unspecified atom stereocenters. The molecule has 2 atom stereocenters. The largest absolute Gasteiger partial charge is 0.487 e. The number of pyridine rings is 1. The van der Waals surface area contributed by atoms with E-state index in [1.54, 1.807) is 43.3 Å². The van der Waals surface area contributed by atoms with E-state index >= 15 is 0 Å². The van der Waals surface area contributed by atoms with Crippen LogP contribution in [0.3, 0.4) is 0 Å². The third-order valence-electron chi connectivity index (χ3n) is 9.28. The van der Waals surface area contributed by atoms with Crippen molar-refractivity contribution in [3.8, 4) is 5.75 Å². The van der Waals surface area contributed by atoms with Crippen molar-refractivity contribution in [3.63, 3.8) is 0 Å². The average molecular weight is 625 g/mol. The van der Waals surface area contributed by atoms with Crippen molar-refractivity contribution < 1.29 is 19.1 Å². The van der Waals surface area contributed by atoms with Gasteiger partial charge in [-0.25, -0.2) is 4.98 Å². The van der Waals surface area contributed by atoms with Gasteiger partial charge in [0, 0.05) is 16.5 Å². The maximum Gasteiger partial charge on any atom is 0.234 e. The fourth-order valence-corrected chi connectivity index (χ4v) is 6.54. The number of hydrogen-bond donors (Lipinski definition) is 1. The predicted octanol–water partition coefficient (Wildman–Crippen LogP) is 8.55. The van der Waals surface area contributed by atoms with Crippen molar-refractivity contribution in [1.82, 2.24) is 10.3 Å². The highest BCUT2D eigenvalue weighted by molar-refractivity contribution is 6.09. The fourth-order valence-electron chi connectivity index (χ4n) is 6.54. The summed E-state index contributed by atoms with van der Waals surface area (Å²) in [6.45, 7) is 2.12. The lowest BCUT2D eigenvalue weighted by atomic mass is 9.80. The second kappa shape index (κ2) is 15.0. The SMILES string of the molecule is CC(C(=O)NC(=O)C(c1ccc(OCc2ccc3ccccc3n2)cc1)C1CCCCCC1)c1ccc(C(=O)c2ccccc2)cc1. The minimum absolute atomic E-state index is 0.0718. The van der Waals surface area contributed by atoms with Gasteiger partial charge in [0.25, 0.3) is 0 Å². The second-order valence-corrected chi connectivity index (χ2v) is 12.5. The molecule has 0 saturated heterocycles. The van der Waals surface area contributed by atoms with Gasteiger partial charge < -0.3 is 4.74 Å². The Bertz CT molecular complexity index is 1830. The van der Waals surface area contributed by atoms with Gasteiger partial charge in [-0.15, -0.1) is 0 Å². The number of fused-ring (bicyclic) bond motifs is 1. The van der Waals surface area contributed by atoms with Crippen LogP contribution in [0.25, 0.3) is 10.9 Å². The molecule has 1 saturated carbocycles. The van der Waals surface area contributed by atoms with Gasteiger partial charge in [0.1, 0.15) is 12.4 Å². The van der Waals surface area contributed by atoms with Gasteiger partial charge in [0.2, 0.25) is 11.8 Å². The van der Waals surface area contributed by atoms with Gasteiger partial charge in [0.15, 0.2) is 5.78 Å². The highest BCUT2D eigenvalue weighted by atomic mass is 16.5. The van der Waals surface area contributed by atoms with E-state index < -0.39 is 11.8 Å². The Morgan fingerprint density at radius 3 is 2.06 bits per heavy atom. The standard InChI is InChI=1S/C41H40N2O4/c1-28(29-17-19-34(20-18-29)39(44)33-14-7-4-8-15-33)40(45)43-41(46)38(31-12-5-2-3-6-13-31)32-22-25-36(26-23-32)47-27-35-24-21-30-11-9-10-16-37(30)42-35/h4,7-11,14-26,28,31,38H,2-3,5-6,12-13,27H2,1H3,(H,43,45,46). The molecule has 4 aromatic carbocycles. The summed E-state index contributed by atoms with van der Waals surface area (Å²) < 4.78 is 6.06. The Morgan fingerprint density at radius 2 is 1.34 bits per heavy atom. The summed E-state index contributed by atoms with van der Waals surface area (Å²) in [5.41, 5.74) is 4.57. The first kappa shape index (κ1) is 31.9. The van der Waals surface area contributed by atoms with Crippen LogP contribution in [0.4, 0.5) is 0 Å². The number of para-hydroxylation sites is 1. The zero-order valence-corrected chi connectivity index (χ0v) is 26.7. The summed E-state index contributed by atoms with van der Waals surface area (Å²) in [6, 6.07) is 35.9. The lowest BCUT2D eigenvalue weighted by Crippen LogP contribution is -2.39. The third-order valence-corrected chi connectivity index (χ3v) is 9.28. The number of ketones is 1. The quantitative estimate of drug-likeness (QED) is 0.124. The Hall–Kier alpha value is -5.10. The number of benzene rings is 4. The number of carbonyl (C=O) groups excluding carboxylic acids is 3. The van der Waals surface area contributed by atoms with Crippen molar-refractivity contribution in [2.45, 2.75) is 63.9 Å². The van der Waals surface area contributed by atoms with Crippen LogP contribution >= 0.6 is 0 Å². The maximum atomic E-state index is 13.9. The van der Waals surface area contributed by atoms with Crippen molar-refractivity contribution in [2.75, 3.05) is 0 Å². The topological polar surface area (TPSA) is 85.4 Å². The predicted molar refractivity (Wildman–Crippen MR) is 184 cm³/mol. The lowest BCUT2D eigenvalue weighted by molar-refractivity contribution is -0.132. The number of nitrogens with zero attached hydrogens (tertiary/aromatic N) is 1. The molecule has 47 heavy (non-hydrogen) atoms. The molecule has 1 fully saturated rings. The summed E-state index contributed by atoms with van der Waals surface area (Å²) in [4.78, 5) is 44.8. The van der Waals surface area contributed by atoms with Crippen LogP contribution in [-0.2, 0) is 16.2 Å². The molecule has 1 heterocycles. The van der Waals surface area contributed by atoms with Crippen LogP contribution in [0.5, 0.6) is 5.75 Å². The van der Waals surface area contributed by atoms with Crippen LogP contribution in [0.2, 0.25) is 0 Å². The number of ether oxygens (including phenoxy) is 1. The third kappa shape index (κ3) is 7.83. The molecule has 238 valence electrons. The molecule has 5 aromatic rings. The zero-order valence-electron chi connectivity index (χ0n) is 26.7. The molecule has 0 aliphatic heterocycles. The van der Waals surface area contributed by atoms with E-state index in [2.05, 4.69) is 5.32 Å². The smallest absolute Gasteiger partial charge is 0.234 e. The molecule has 1 N–H and O–H groups in total. The van der Waals surface area contributed by atoms with Crippen molar-refractivity contribution >= 4 is 28.5 Å². The molecule has 1 aliphatic carbocycles. The van der Waals surface area contributed by atoms with Gasteiger partial charge in [-0.05, 0) is 61.1 Å². The van der Waals surface area contributed by atoms with Gasteiger partial charge in [-0.3, -0.25) is 19.7 Å². The van der Waals surface area contributed by atoms with Crippen LogP contribution in [-0.4, -0.2) is 22.6 Å². The van der Waals surface area contributed by atoms with E-state index in [9.17, 15) is 14.4 Å². The normalized spacial score (nSPS) is 14.9. The monoisotopic (exact) mass is 624 g/mol. The van der Waals surface area contributed by atoms with Gasteiger partial charge >= 0.3 is 0 Å². The zero-order chi connectivity index (χ0) is 32.6. The molecule has 6 nitrogen and oxygen atoms in total. The average Bonchev–Trinajstić information content (AvgIpc) is 3.40. The summed E-state index contributed by atoms with van der Waals surface area (Å²) in [6.07, 6.45) is 6.38. The van der Waals surface area contributed by atoms with E-state index in [-0.39, 0.29) is 23.5 Å². The maximum absolute atomic E-state index is 13.9. The number of hydrogen-bond acceptors (Lipinski definition) is 5. The van der Waals surface area contributed by atoms with Crippen LogP contribution in [0.1, 0.15) is 90.0 Å². The number of imide groups is 1. The van der Waals surface area contributed by atoms with E-state index in [1.807, 2.05) is 78.9 Å². The van der Waals surface area contributed by atoms with Crippen LogP contribution in [0.15, 0.2) is 115 Å². The number of rotatable bonds is 10. The Morgan fingerprint density at radius 1 is 0.702 bits per heavy atom. The molecule has 0 spiro atoms. The summed E-state index contributed by atoms with van der Waals surface area (Å²) >= 11 is 0. The Kier molecular flexibility index (Phi) is 10.2. The first-order chi connectivity index (χ1) is 23.0. The summed E-state index contributed by atoms with van der Waals surface area (Å²) in [7, 11) is 0. The molecule has 0 radical (unpaired) electrons. The van der Waals surface area contributed by atoms with Gasteiger partial charge in [-0.2, -0.15) is 0 Å².